The summed E-state index contributed by atoms with van der Waals surface area (Å²) in [5.41, 5.74) is 15.5. The summed E-state index contributed by atoms with van der Waals surface area (Å²) in [6.07, 6.45) is -0.732. The normalized spacial score (nSPS) is 15.4. The molecule has 0 fully saturated rings. The fraction of sp³-hybridized carbons (Fsp3) is 0.667. The Balaban J connectivity index is 5.59. The maximum Gasteiger partial charge on any atom is 0.326 e. The van der Waals surface area contributed by atoms with Crippen LogP contribution in [0.1, 0.15) is 39.5 Å². The van der Waals surface area contributed by atoms with Gasteiger partial charge in [-0.15, -0.1) is 0 Å². The SMILES string of the molecule is CCC(C)C(NC(=O)C(CCC(N)=O)NC(=O)C(N)CO)C(=O)NC(CC(N)=O)C(=O)O. The number of hydrogen-bond donors (Lipinski definition) is 8. The molecule has 0 aliphatic heterocycles. The zero-order chi connectivity index (χ0) is 25.0. The van der Waals surface area contributed by atoms with E-state index in [-0.39, 0.29) is 12.8 Å². The summed E-state index contributed by atoms with van der Waals surface area (Å²) in [7, 11) is 0. The summed E-state index contributed by atoms with van der Waals surface area (Å²) in [6.45, 7) is 2.65. The minimum atomic E-state index is -1.60. The van der Waals surface area contributed by atoms with E-state index in [0.29, 0.717) is 6.42 Å². The highest BCUT2D eigenvalue weighted by molar-refractivity contribution is 5.95. The number of carbonyl (C=O) groups is 6. The molecule has 0 aliphatic rings. The summed E-state index contributed by atoms with van der Waals surface area (Å²) >= 11 is 0. The van der Waals surface area contributed by atoms with Crippen LogP contribution >= 0.6 is 0 Å². The molecule has 0 spiro atoms. The molecule has 0 heterocycles. The summed E-state index contributed by atoms with van der Waals surface area (Å²) in [5, 5.41) is 25.0. The van der Waals surface area contributed by atoms with E-state index >= 15 is 0 Å². The number of hydrogen-bond acceptors (Lipinski definition) is 8. The molecule has 5 amide bonds. The summed E-state index contributed by atoms with van der Waals surface area (Å²) in [4.78, 5) is 70.9. The number of rotatable bonds is 15. The molecule has 0 saturated heterocycles. The summed E-state index contributed by atoms with van der Waals surface area (Å²) < 4.78 is 0. The lowest BCUT2D eigenvalue weighted by atomic mass is 9.97. The minimum absolute atomic E-state index is 0.209. The Morgan fingerprint density at radius 2 is 1.44 bits per heavy atom. The Morgan fingerprint density at radius 1 is 0.875 bits per heavy atom. The van der Waals surface area contributed by atoms with E-state index in [2.05, 4.69) is 16.0 Å². The lowest BCUT2D eigenvalue weighted by Gasteiger charge is -2.27. The summed E-state index contributed by atoms with van der Waals surface area (Å²) in [5.74, 6) is -6.26. The van der Waals surface area contributed by atoms with Gasteiger partial charge in [-0.25, -0.2) is 4.79 Å². The van der Waals surface area contributed by atoms with Crippen molar-refractivity contribution in [2.45, 2.75) is 63.7 Å². The zero-order valence-electron chi connectivity index (χ0n) is 18.0. The van der Waals surface area contributed by atoms with Crippen molar-refractivity contribution < 1.29 is 39.0 Å². The van der Waals surface area contributed by atoms with E-state index in [1.807, 2.05) is 0 Å². The maximum atomic E-state index is 12.8. The van der Waals surface area contributed by atoms with Crippen molar-refractivity contribution in [2.75, 3.05) is 6.61 Å². The molecule has 0 aromatic heterocycles. The fourth-order valence-corrected chi connectivity index (χ4v) is 2.54. The Kier molecular flexibility index (Phi) is 12.5. The average Bonchev–Trinajstić information content (AvgIpc) is 2.71. The van der Waals surface area contributed by atoms with Gasteiger partial charge in [-0.3, -0.25) is 24.0 Å². The number of aliphatic hydroxyl groups is 1. The van der Waals surface area contributed by atoms with E-state index < -0.39 is 78.6 Å². The van der Waals surface area contributed by atoms with E-state index in [9.17, 15) is 33.9 Å². The van der Waals surface area contributed by atoms with Gasteiger partial charge in [0.15, 0.2) is 0 Å². The lowest BCUT2D eigenvalue weighted by molar-refractivity contribution is -0.144. The van der Waals surface area contributed by atoms with Gasteiger partial charge >= 0.3 is 5.97 Å². The Morgan fingerprint density at radius 3 is 1.88 bits per heavy atom. The molecular weight excluding hydrogens is 428 g/mol. The third-order valence-corrected chi connectivity index (χ3v) is 4.66. The van der Waals surface area contributed by atoms with Gasteiger partial charge < -0.3 is 43.4 Å². The van der Waals surface area contributed by atoms with Crippen LogP contribution in [-0.4, -0.2) is 76.5 Å². The molecule has 0 aliphatic carbocycles. The Hall–Kier alpha value is -3.26. The van der Waals surface area contributed by atoms with Crippen LogP contribution in [-0.2, 0) is 28.8 Å². The molecule has 0 radical (unpaired) electrons. The van der Waals surface area contributed by atoms with Gasteiger partial charge in [0.2, 0.25) is 29.5 Å². The van der Waals surface area contributed by atoms with E-state index in [1.165, 1.54) is 0 Å². The standard InChI is InChI=1S/C18H32N6O8/c1-3-8(2)14(17(30)23-11(18(31)32)6-13(21)27)24-16(29)10(4-5-12(20)26)22-15(28)9(19)7-25/h8-11,14,25H,3-7,19H2,1-2H3,(H2,20,26)(H2,21,27)(H,22,28)(H,23,30)(H,24,29)(H,31,32). The number of amides is 5. The van der Waals surface area contributed by atoms with E-state index in [1.54, 1.807) is 13.8 Å². The second-order valence-corrected chi connectivity index (χ2v) is 7.30. The number of primary amides is 2. The second-order valence-electron chi connectivity index (χ2n) is 7.30. The largest absolute Gasteiger partial charge is 0.480 e. The van der Waals surface area contributed by atoms with Crippen molar-refractivity contribution in [2.24, 2.45) is 23.1 Å². The number of carboxylic acids is 1. The van der Waals surface area contributed by atoms with Crippen molar-refractivity contribution >= 4 is 35.5 Å². The molecule has 5 atom stereocenters. The monoisotopic (exact) mass is 460 g/mol. The Bertz CT molecular complexity index is 716. The minimum Gasteiger partial charge on any atom is -0.480 e. The molecule has 14 nitrogen and oxygen atoms in total. The first-order valence-electron chi connectivity index (χ1n) is 9.90. The first kappa shape index (κ1) is 28.7. The van der Waals surface area contributed by atoms with Gasteiger partial charge in [-0.2, -0.15) is 0 Å². The van der Waals surface area contributed by atoms with Crippen molar-refractivity contribution in [3.05, 3.63) is 0 Å². The van der Waals surface area contributed by atoms with Crippen LogP contribution in [0, 0.1) is 5.92 Å². The highest BCUT2D eigenvalue weighted by Gasteiger charge is 2.33. The van der Waals surface area contributed by atoms with Crippen LogP contribution < -0.4 is 33.2 Å². The predicted molar refractivity (Wildman–Crippen MR) is 110 cm³/mol. The first-order valence-corrected chi connectivity index (χ1v) is 9.90. The third-order valence-electron chi connectivity index (χ3n) is 4.66. The van der Waals surface area contributed by atoms with Crippen LogP contribution in [0.5, 0.6) is 0 Å². The van der Waals surface area contributed by atoms with Crippen LogP contribution in [0.15, 0.2) is 0 Å². The second kappa shape index (κ2) is 13.9. The van der Waals surface area contributed by atoms with Crippen LogP contribution in [0.3, 0.4) is 0 Å². The predicted octanol–water partition coefficient (Wildman–Crippen LogP) is -3.97. The number of aliphatic carboxylic acids is 1. The van der Waals surface area contributed by atoms with Crippen molar-refractivity contribution in [3.63, 3.8) is 0 Å². The molecule has 14 heteroatoms. The highest BCUT2D eigenvalue weighted by Crippen LogP contribution is 2.10. The van der Waals surface area contributed by atoms with E-state index in [4.69, 9.17) is 22.3 Å². The highest BCUT2D eigenvalue weighted by atomic mass is 16.4. The zero-order valence-corrected chi connectivity index (χ0v) is 18.0. The summed E-state index contributed by atoms with van der Waals surface area (Å²) in [6, 6.07) is -5.47. The molecule has 5 unspecified atom stereocenters. The smallest absolute Gasteiger partial charge is 0.326 e. The number of aliphatic hydroxyl groups excluding tert-OH is 1. The van der Waals surface area contributed by atoms with Crippen LogP contribution in [0.4, 0.5) is 0 Å². The first-order chi connectivity index (χ1) is 14.8. The molecule has 0 aromatic carbocycles. The van der Waals surface area contributed by atoms with Gasteiger partial charge in [0, 0.05) is 6.42 Å². The number of carboxylic acid groups (broad SMARTS) is 1. The molecular formula is C18H32N6O8. The number of nitrogens with two attached hydrogens (primary N) is 3. The van der Waals surface area contributed by atoms with Crippen molar-refractivity contribution in [3.8, 4) is 0 Å². The number of carbonyl (C=O) groups excluding carboxylic acids is 5. The molecule has 11 N–H and O–H groups in total. The Labute approximate surface area is 184 Å². The number of nitrogens with one attached hydrogen (secondary N) is 3. The maximum absolute atomic E-state index is 12.8. The molecule has 0 aromatic rings. The van der Waals surface area contributed by atoms with Crippen molar-refractivity contribution in [1.82, 2.24) is 16.0 Å². The topological polar surface area (TPSA) is 257 Å². The van der Waals surface area contributed by atoms with Gasteiger partial charge in [-0.1, -0.05) is 20.3 Å². The van der Waals surface area contributed by atoms with Gasteiger partial charge in [0.05, 0.1) is 13.0 Å². The van der Waals surface area contributed by atoms with Gasteiger partial charge in [-0.05, 0) is 12.3 Å². The quantitative estimate of drug-likeness (QED) is 0.118. The van der Waals surface area contributed by atoms with Gasteiger partial charge in [0.25, 0.3) is 0 Å². The van der Waals surface area contributed by atoms with Gasteiger partial charge in [0.1, 0.15) is 24.2 Å². The molecule has 0 rings (SSSR count). The molecule has 182 valence electrons. The van der Waals surface area contributed by atoms with Crippen LogP contribution in [0.2, 0.25) is 0 Å². The third kappa shape index (κ3) is 10.2. The molecule has 0 bridgehead atoms. The molecule has 0 saturated carbocycles. The molecule has 32 heavy (non-hydrogen) atoms. The van der Waals surface area contributed by atoms with E-state index in [0.717, 1.165) is 0 Å². The van der Waals surface area contributed by atoms with Crippen molar-refractivity contribution in [1.29, 1.82) is 0 Å². The van der Waals surface area contributed by atoms with Crippen LogP contribution in [0.25, 0.3) is 0 Å². The lowest BCUT2D eigenvalue weighted by Crippen LogP contribution is -2.59. The average molecular weight is 460 g/mol. The fourth-order valence-electron chi connectivity index (χ4n) is 2.54.